The van der Waals surface area contributed by atoms with E-state index in [1.165, 1.54) is 89.3 Å². The molecule has 1 heteroatoms. The van der Waals surface area contributed by atoms with Gasteiger partial charge in [-0.15, -0.1) is 0 Å². The average Bonchev–Trinajstić information content (AvgIpc) is 2.57. The van der Waals surface area contributed by atoms with E-state index in [0.29, 0.717) is 0 Å². The second-order valence-electron chi connectivity index (χ2n) is 7.97. The Morgan fingerprint density at radius 2 is 1.21 bits per heavy atom. The molecule has 0 amide bonds. The van der Waals surface area contributed by atoms with Crippen LogP contribution in [0.15, 0.2) is 24.3 Å². The van der Waals surface area contributed by atoms with Gasteiger partial charge < -0.3 is 0 Å². The third-order valence-electron chi connectivity index (χ3n) is 5.23. The van der Waals surface area contributed by atoms with E-state index in [2.05, 4.69) is 52.2 Å². The van der Waals surface area contributed by atoms with Crippen LogP contribution in [0.3, 0.4) is 0 Å². The lowest BCUT2D eigenvalue weighted by Crippen LogP contribution is -2.41. The molecule has 0 aromatic heterocycles. The molecule has 0 fully saturated rings. The van der Waals surface area contributed by atoms with Gasteiger partial charge in [0.25, 0.3) is 0 Å². The van der Waals surface area contributed by atoms with Crippen LogP contribution in [-0.4, -0.2) is 20.6 Å². The fourth-order valence-corrected chi connectivity index (χ4v) is 3.80. The van der Waals surface area contributed by atoms with Crippen molar-refractivity contribution in [3.8, 4) is 0 Å². The van der Waals surface area contributed by atoms with Crippen molar-refractivity contribution in [1.29, 1.82) is 0 Å². The molecule has 138 valence electrons. The first kappa shape index (κ1) is 21.2. The van der Waals surface area contributed by atoms with Gasteiger partial charge in [0, 0.05) is 5.56 Å². The number of para-hydroxylation sites is 1. The summed E-state index contributed by atoms with van der Waals surface area (Å²) in [4.78, 5) is 0. The fourth-order valence-electron chi connectivity index (χ4n) is 3.80. The van der Waals surface area contributed by atoms with Gasteiger partial charge in [-0.05, 0) is 25.3 Å². The standard InChI is InChI=1S/C23H42N/c1-5-7-8-9-10-11-12-13-14-15-18-22-19-16-17-20-23(22)24(3,4)21-6-2/h16-17,19-20H,5-15,18,21H2,1-4H3/q+1. The summed E-state index contributed by atoms with van der Waals surface area (Å²) < 4.78 is 1.02. The highest BCUT2D eigenvalue weighted by Crippen LogP contribution is 2.26. The monoisotopic (exact) mass is 332 g/mol. The van der Waals surface area contributed by atoms with E-state index in [4.69, 9.17) is 0 Å². The van der Waals surface area contributed by atoms with Crippen LogP contribution < -0.4 is 4.48 Å². The third-order valence-corrected chi connectivity index (χ3v) is 5.23. The molecule has 0 atom stereocenters. The smallest absolute Gasteiger partial charge is 0.135 e. The van der Waals surface area contributed by atoms with E-state index in [-0.39, 0.29) is 0 Å². The SMILES string of the molecule is CCCCCCCCCCCCc1ccccc1[N+](C)(C)CCC. The summed E-state index contributed by atoms with van der Waals surface area (Å²) in [6.45, 7) is 5.79. The molecule has 1 aromatic carbocycles. The molecule has 0 radical (unpaired) electrons. The predicted octanol–water partition coefficient (Wildman–Crippen LogP) is 7.13. The maximum atomic E-state index is 2.35. The number of rotatable bonds is 14. The van der Waals surface area contributed by atoms with E-state index < -0.39 is 0 Å². The van der Waals surface area contributed by atoms with Gasteiger partial charge in [0.2, 0.25) is 0 Å². The number of hydrogen-bond donors (Lipinski definition) is 0. The Hall–Kier alpha value is -0.820. The molecular formula is C23H42N+. The molecule has 0 saturated carbocycles. The first-order valence-electron chi connectivity index (χ1n) is 10.5. The highest BCUT2D eigenvalue weighted by molar-refractivity contribution is 5.49. The largest absolute Gasteiger partial charge is 0.296 e. The van der Waals surface area contributed by atoms with Crippen molar-refractivity contribution in [2.45, 2.75) is 90.9 Å². The summed E-state index contributed by atoms with van der Waals surface area (Å²) in [6, 6.07) is 9.09. The molecule has 0 aliphatic carbocycles. The van der Waals surface area contributed by atoms with Crippen LogP contribution in [0.2, 0.25) is 0 Å². The van der Waals surface area contributed by atoms with E-state index in [1.807, 2.05) is 0 Å². The maximum absolute atomic E-state index is 2.35. The normalized spacial score (nSPS) is 11.8. The van der Waals surface area contributed by atoms with E-state index in [9.17, 15) is 0 Å². The number of unbranched alkanes of at least 4 members (excludes halogenated alkanes) is 9. The van der Waals surface area contributed by atoms with Gasteiger partial charge in [0.05, 0.1) is 20.6 Å². The van der Waals surface area contributed by atoms with Gasteiger partial charge in [0.15, 0.2) is 0 Å². The zero-order valence-corrected chi connectivity index (χ0v) is 16.9. The van der Waals surface area contributed by atoms with Gasteiger partial charge in [-0.1, -0.05) is 89.8 Å². The van der Waals surface area contributed by atoms with Crippen LogP contribution in [0.4, 0.5) is 5.69 Å². The molecule has 0 heterocycles. The van der Waals surface area contributed by atoms with Crippen LogP contribution in [0.1, 0.15) is 90.0 Å². The van der Waals surface area contributed by atoms with Gasteiger partial charge in [-0.3, -0.25) is 4.48 Å². The molecule has 0 aliphatic heterocycles. The molecule has 1 rings (SSSR count). The van der Waals surface area contributed by atoms with Gasteiger partial charge in [0.1, 0.15) is 5.69 Å². The van der Waals surface area contributed by atoms with Crippen molar-refractivity contribution >= 4 is 5.69 Å². The minimum absolute atomic E-state index is 1.02. The molecular weight excluding hydrogens is 290 g/mol. The molecule has 1 nitrogen and oxygen atoms in total. The number of benzene rings is 1. The average molecular weight is 333 g/mol. The van der Waals surface area contributed by atoms with Crippen molar-refractivity contribution < 1.29 is 0 Å². The molecule has 1 aromatic rings. The number of quaternary nitrogens is 1. The summed E-state index contributed by atoms with van der Waals surface area (Å²) in [5, 5.41) is 0. The highest BCUT2D eigenvalue weighted by Gasteiger charge is 2.20. The first-order chi connectivity index (χ1) is 11.6. The number of aryl methyl sites for hydroxylation is 1. The molecule has 0 spiro atoms. The summed E-state index contributed by atoms with van der Waals surface area (Å²) in [5.74, 6) is 0. The lowest BCUT2D eigenvalue weighted by molar-refractivity contribution is 0.394. The second kappa shape index (κ2) is 12.5. The minimum Gasteiger partial charge on any atom is -0.296 e. The number of hydrogen-bond acceptors (Lipinski definition) is 0. The van der Waals surface area contributed by atoms with E-state index in [0.717, 1.165) is 4.48 Å². The summed E-state index contributed by atoms with van der Waals surface area (Å²) >= 11 is 0. The Labute approximate surface area is 152 Å². The van der Waals surface area contributed by atoms with E-state index in [1.54, 1.807) is 5.56 Å². The van der Waals surface area contributed by atoms with Crippen LogP contribution in [0.25, 0.3) is 0 Å². The molecule has 0 aliphatic rings. The van der Waals surface area contributed by atoms with Gasteiger partial charge in [-0.2, -0.15) is 0 Å². The van der Waals surface area contributed by atoms with Gasteiger partial charge in [-0.25, -0.2) is 0 Å². The van der Waals surface area contributed by atoms with Crippen molar-refractivity contribution in [3.63, 3.8) is 0 Å². The lowest BCUT2D eigenvalue weighted by atomic mass is 10.0. The van der Waals surface area contributed by atoms with Crippen molar-refractivity contribution in [2.75, 3.05) is 20.6 Å². The van der Waals surface area contributed by atoms with Crippen LogP contribution in [-0.2, 0) is 6.42 Å². The van der Waals surface area contributed by atoms with Crippen LogP contribution in [0.5, 0.6) is 0 Å². The lowest BCUT2D eigenvalue weighted by Gasteiger charge is -2.30. The first-order valence-corrected chi connectivity index (χ1v) is 10.5. The zero-order chi connectivity index (χ0) is 17.7. The van der Waals surface area contributed by atoms with Gasteiger partial charge >= 0.3 is 0 Å². The predicted molar refractivity (Wildman–Crippen MR) is 111 cm³/mol. The Morgan fingerprint density at radius 1 is 0.667 bits per heavy atom. The summed E-state index contributed by atoms with van der Waals surface area (Å²) in [7, 11) is 4.70. The molecule has 0 bridgehead atoms. The summed E-state index contributed by atoms with van der Waals surface area (Å²) in [5.41, 5.74) is 3.09. The van der Waals surface area contributed by atoms with E-state index >= 15 is 0 Å². The Morgan fingerprint density at radius 3 is 1.79 bits per heavy atom. The molecule has 0 N–H and O–H groups in total. The van der Waals surface area contributed by atoms with Crippen molar-refractivity contribution in [3.05, 3.63) is 29.8 Å². The Kier molecular flexibility index (Phi) is 11.1. The minimum atomic E-state index is 1.02. The highest BCUT2D eigenvalue weighted by atomic mass is 15.3. The van der Waals surface area contributed by atoms with Crippen molar-refractivity contribution in [1.82, 2.24) is 4.48 Å². The third kappa shape index (κ3) is 8.33. The molecule has 0 unspecified atom stereocenters. The molecule has 0 saturated heterocycles. The fraction of sp³-hybridized carbons (Fsp3) is 0.739. The molecule has 24 heavy (non-hydrogen) atoms. The van der Waals surface area contributed by atoms with Crippen molar-refractivity contribution in [2.24, 2.45) is 0 Å². The number of nitrogens with zero attached hydrogens (tertiary/aromatic N) is 1. The van der Waals surface area contributed by atoms with Crippen LogP contribution >= 0.6 is 0 Å². The topological polar surface area (TPSA) is 0 Å². The zero-order valence-electron chi connectivity index (χ0n) is 16.9. The van der Waals surface area contributed by atoms with Crippen LogP contribution in [0, 0.1) is 0 Å². The quantitative estimate of drug-likeness (QED) is 0.251. The Balaban J connectivity index is 2.24. The summed E-state index contributed by atoms with van der Waals surface area (Å²) in [6.07, 6.45) is 16.6. The Bertz CT molecular complexity index is 422. The maximum Gasteiger partial charge on any atom is 0.135 e. The second-order valence-corrected chi connectivity index (χ2v) is 7.97.